The van der Waals surface area contributed by atoms with Crippen molar-refractivity contribution in [3.63, 3.8) is 0 Å². The van der Waals surface area contributed by atoms with Crippen LogP contribution in [0.15, 0.2) is 18.2 Å². The number of hydrogen-bond acceptors (Lipinski definition) is 3. The second kappa shape index (κ2) is 10.1. The molecule has 182 valence electrons. The van der Waals surface area contributed by atoms with Crippen molar-refractivity contribution >= 4 is 34.3 Å². The number of hydrogen-bond donors (Lipinski definition) is 1. The average molecular weight is 488 g/mol. The van der Waals surface area contributed by atoms with Gasteiger partial charge in [-0.25, -0.2) is 0 Å². The number of nitrogens with zero attached hydrogens (tertiary/aromatic N) is 1. The van der Waals surface area contributed by atoms with Crippen LogP contribution in [0.5, 0.6) is 0 Å². The van der Waals surface area contributed by atoms with E-state index in [0.29, 0.717) is 29.8 Å². The number of halogens is 4. The Morgan fingerprint density at radius 3 is 2.55 bits per heavy atom. The molecule has 1 aromatic carbocycles. The maximum absolute atomic E-state index is 13.2. The highest BCUT2D eigenvalue weighted by atomic mass is 35.5. The van der Waals surface area contributed by atoms with Crippen LogP contribution in [0.25, 0.3) is 10.9 Å². The lowest BCUT2D eigenvalue weighted by Crippen LogP contribution is -2.29. The Balaban J connectivity index is 1.67. The third kappa shape index (κ3) is 5.90. The van der Waals surface area contributed by atoms with Gasteiger partial charge in [-0.1, -0.05) is 18.5 Å². The van der Waals surface area contributed by atoms with Crippen LogP contribution in [0.3, 0.4) is 0 Å². The summed E-state index contributed by atoms with van der Waals surface area (Å²) in [5, 5.41) is 10.2. The van der Waals surface area contributed by atoms with Gasteiger partial charge in [0.15, 0.2) is 5.78 Å². The average Bonchev–Trinajstić information content (AvgIpc) is 3.44. The summed E-state index contributed by atoms with van der Waals surface area (Å²) in [4.78, 5) is 24.2. The van der Waals surface area contributed by atoms with E-state index in [0.717, 1.165) is 16.6 Å². The summed E-state index contributed by atoms with van der Waals surface area (Å²) >= 11 is 6.17. The lowest BCUT2D eigenvalue weighted by atomic mass is 9.94. The third-order valence-electron chi connectivity index (χ3n) is 6.40. The topological polar surface area (TPSA) is 68.5 Å². The minimum Gasteiger partial charge on any atom is -0.481 e. The Morgan fingerprint density at radius 2 is 1.94 bits per heavy atom. The summed E-state index contributed by atoms with van der Waals surface area (Å²) in [5.41, 5.74) is 0.547. The van der Waals surface area contributed by atoms with Crippen LogP contribution in [0.1, 0.15) is 61.5 Å². The van der Waals surface area contributed by atoms with Crippen LogP contribution < -0.4 is 0 Å². The number of benzene rings is 1. The quantitative estimate of drug-likeness (QED) is 0.286. The van der Waals surface area contributed by atoms with Crippen molar-refractivity contribution in [2.75, 3.05) is 13.2 Å². The second-order valence-electron chi connectivity index (χ2n) is 9.16. The van der Waals surface area contributed by atoms with Crippen molar-refractivity contribution in [2.45, 2.75) is 58.0 Å². The first-order chi connectivity index (χ1) is 15.4. The smallest absolute Gasteiger partial charge is 0.396 e. The number of rotatable bonds is 12. The predicted octanol–water partition coefficient (Wildman–Crippen LogP) is 6.20. The fraction of sp³-hybridized carbons (Fsp3) is 0.583. The van der Waals surface area contributed by atoms with Crippen LogP contribution in [0.2, 0.25) is 5.02 Å². The number of carbonyl (C=O) groups excluding carboxylic acids is 1. The van der Waals surface area contributed by atoms with Gasteiger partial charge in [0, 0.05) is 53.7 Å². The zero-order valence-electron chi connectivity index (χ0n) is 18.8. The molecular formula is C24H29ClF3NO4. The fourth-order valence-corrected chi connectivity index (χ4v) is 4.46. The number of fused-ring (bicyclic) bond motifs is 1. The number of aliphatic carboxylic acids is 1. The molecule has 0 amide bonds. The van der Waals surface area contributed by atoms with Gasteiger partial charge >= 0.3 is 12.1 Å². The molecule has 2 aromatic rings. The van der Waals surface area contributed by atoms with Crippen molar-refractivity contribution in [1.29, 1.82) is 0 Å². The molecule has 5 nitrogen and oxygen atoms in total. The first-order valence-corrected chi connectivity index (χ1v) is 11.5. The minimum absolute atomic E-state index is 0.0939. The molecule has 1 aromatic heterocycles. The van der Waals surface area contributed by atoms with Crippen LogP contribution in [0, 0.1) is 11.3 Å². The Hall–Kier alpha value is -2.06. The molecule has 1 saturated carbocycles. The Bertz CT molecular complexity index is 1030. The van der Waals surface area contributed by atoms with Gasteiger partial charge in [0.05, 0.1) is 12.0 Å². The highest BCUT2D eigenvalue weighted by Gasteiger charge is 2.63. The molecule has 33 heavy (non-hydrogen) atoms. The van der Waals surface area contributed by atoms with Crippen LogP contribution in [-0.2, 0) is 23.0 Å². The summed E-state index contributed by atoms with van der Waals surface area (Å²) in [5.74, 6) is -1.40. The van der Waals surface area contributed by atoms with E-state index in [9.17, 15) is 22.8 Å². The van der Waals surface area contributed by atoms with Gasteiger partial charge < -0.3 is 14.4 Å². The molecule has 1 atom stereocenters. The van der Waals surface area contributed by atoms with E-state index in [4.69, 9.17) is 21.4 Å². The zero-order valence-corrected chi connectivity index (χ0v) is 19.6. The minimum atomic E-state index is -4.22. The summed E-state index contributed by atoms with van der Waals surface area (Å²) in [7, 11) is 1.86. The molecule has 9 heteroatoms. The number of unbranched alkanes of at least 4 members (excludes halogenated alkanes) is 1. The van der Waals surface area contributed by atoms with E-state index in [1.807, 2.05) is 17.7 Å². The number of carbonyl (C=O) groups is 2. The van der Waals surface area contributed by atoms with Crippen LogP contribution in [-0.4, -0.2) is 40.8 Å². The van der Waals surface area contributed by atoms with E-state index in [-0.39, 0.29) is 50.6 Å². The molecule has 1 aliphatic carbocycles. The van der Waals surface area contributed by atoms with Crippen molar-refractivity contribution < 1.29 is 32.6 Å². The second-order valence-corrected chi connectivity index (χ2v) is 9.60. The first kappa shape index (κ1) is 25.6. The zero-order chi connectivity index (χ0) is 24.4. The molecule has 3 rings (SSSR count). The number of ketones is 1. The van der Waals surface area contributed by atoms with Crippen LogP contribution >= 0.6 is 11.6 Å². The molecule has 0 radical (unpaired) electrons. The number of aryl methyl sites for hydroxylation is 1. The number of carboxylic acid groups (broad SMARTS) is 1. The molecule has 0 bridgehead atoms. The van der Waals surface area contributed by atoms with Gasteiger partial charge in [0.2, 0.25) is 0 Å². The largest absolute Gasteiger partial charge is 0.481 e. The molecule has 0 spiro atoms. The van der Waals surface area contributed by atoms with Crippen molar-refractivity contribution in [3.8, 4) is 0 Å². The van der Waals surface area contributed by atoms with Crippen molar-refractivity contribution in [3.05, 3.63) is 34.5 Å². The molecule has 0 unspecified atom stereocenters. The predicted molar refractivity (Wildman–Crippen MR) is 120 cm³/mol. The van der Waals surface area contributed by atoms with Gasteiger partial charge in [-0.05, 0) is 56.2 Å². The lowest BCUT2D eigenvalue weighted by Gasteiger charge is -2.18. The number of aromatic nitrogens is 1. The van der Waals surface area contributed by atoms with Gasteiger partial charge in [0.25, 0.3) is 0 Å². The van der Waals surface area contributed by atoms with E-state index >= 15 is 0 Å². The van der Waals surface area contributed by atoms with Crippen molar-refractivity contribution in [2.24, 2.45) is 18.4 Å². The van der Waals surface area contributed by atoms with E-state index in [2.05, 4.69) is 0 Å². The first-order valence-electron chi connectivity index (χ1n) is 11.1. The van der Waals surface area contributed by atoms with E-state index < -0.39 is 17.6 Å². The molecule has 1 fully saturated rings. The molecular weight excluding hydrogens is 459 g/mol. The molecule has 0 saturated heterocycles. The SMILES string of the molecule is C[C@H](CC(=O)O)CC(=O)c1c(CCCCOCC2(C(F)(F)F)CC2)n(C)c2ccc(Cl)cc12. The molecule has 1 heterocycles. The third-order valence-corrected chi connectivity index (χ3v) is 6.64. The van der Waals surface area contributed by atoms with Gasteiger partial charge in [0.1, 0.15) is 0 Å². The van der Waals surface area contributed by atoms with Gasteiger partial charge in [-0.2, -0.15) is 13.2 Å². The fourth-order valence-electron chi connectivity index (χ4n) is 4.29. The lowest BCUT2D eigenvalue weighted by molar-refractivity contribution is -0.201. The number of carboxylic acids is 1. The number of ether oxygens (including phenoxy) is 1. The number of Topliss-reactive ketones (excluding diaryl/α,β-unsaturated/α-hetero) is 1. The number of alkyl halides is 3. The summed E-state index contributed by atoms with van der Waals surface area (Å²) in [6.07, 6.45) is -2.20. The summed E-state index contributed by atoms with van der Waals surface area (Å²) < 4.78 is 46.2. The van der Waals surface area contributed by atoms with Gasteiger partial charge in [-0.3, -0.25) is 9.59 Å². The monoisotopic (exact) mass is 487 g/mol. The Morgan fingerprint density at radius 1 is 1.24 bits per heavy atom. The normalized spacial score (nSPS) is 16.2. The highest BCUT2D eigenvalue weighted by molar-refractivity contribution is 6.31. The Kier molecular flexibility index (Phi) is 7.79. The standard InChI is InChI=1S/C24H29ClF3NO4/c1-15(12-21(31)32)11-20(30)22-17-13-16(25)6-7-18(17)29(2)19(22)5-3-4-10-33-14-23(8-9-23)24(26,27)28/h6-7,13,15H,3-5,8-12,14H2,1-2H3,(H,31,32)/t15-/m0/s1. The molecule has 0 aliphatic heterocycles. The Labute approximate surface area is 195 Å². The summed E-state index contributed by atoms with van der Waals surface area (Å²) in [6, 6.07) is 5.33. The van der Waals surface area contributed by atoms with Crippen LogP contribution in [0.4, 0.5) is 13.2 Å². The van der Waals surface area contributed by atoms with Crippen molar-refractivity contribution in [1.82, 2.24) is 4.57 Å². The van der Waals surface area contributed by atoms with E-state index in [1.54, 1.807) is 19.1 Å². The highest BCUT2D eigenvalue weighted by Crippen LogP contribution is 2.57. The molecule has 1 N–H and O–H groups in total. The molecule has 1 aliphatic rings. The van der Waals surface area contributed by atoms with E-state index in [1.165, 1.54) is 0 Å². The maximum atomic E-state index is 13.2. The van der Waals surface area contributed by atoms with Gasteiger partial charge in [-0.15, -0.1) is 0 Å². The maximum Gasteiger partial charge on any atom is 0.396 e. The summed E-state index contributed by atoms with van der Waals surface area (Å²) in [6.45, 7) is 1.66.